The smallest absolute Gasteiger partial charge is 0.164 e. The molecule has 0 amide bonds. The summed E-state index contributed by atoms with van der Waals surface area (Å²) in [7, 11) is 0. The molecule has 27 aromatic rings. The van der Waals surface area contributed by atoms with Crippen LogP contribution in [0.3, 0.4) is 0 Å². The Morgan fingerprint density at radius 3 is 0.797 bits per heavy atom. The van der Waals surface area contributed by atoms with Gasteiger partial charge in [-0.05, 0) is 206 Å². The predicted molar refractivity (Wildman–Crippen MR) is 577 cm³/mol. The van der Waals surface area contributed by atoms with E-state index in [1.54, 1.807) is 0 Å². The summed E-state index contributed by atoms with van der Waals surface area (Å²) < 4.78 is 0. The van der Waals surface area contributed by atoms with Crippen LogP contribution in [0.5, 0.6) is 0 Å². The molecule has 8 heteroatoms. The van der Waals surface area contributed by atoms with Crippen molar-refractivity contribution in [1.82, 2.24) is 39.9 Å². The first-order chi connectivity index (χ1) is 68.4. The van der Waals surface area contributed by atoms with Gasteiger partial charge in [-0.1, -0.05) is 449 Å². The Bertz CT molecular complexity index is 9260. The van der Waals surface area contributed by atoms with Crippen LogP contribution in [-0.4, -0.2) is 39.9 Å². The lowest BCUT2D eigenvalue weighted by molar-refractivity contribution is 1.07. The fourth-order valence-electron chi connectivity index (χ4n) is 20.0. The maximum absolute atomic E-state index is 5.15. The largest absolute Gasteiger partial charge is 0.228 e. The van der Waals surface area contributed by atoms with Crippen LogP contribution >= 0.6 is 0 Å². The van der Waals surface area contributed by atoms with Gasteiger partial charge in [-0.15, -0.1) is 0 Å². The standard InChI is InChI=1S/C44H28N2.2C43H27N3/c1-3-12-31(13-4-1)42-28-43(32-14-5-2-6-15-32)46-44(45-42)35-25-33-16-8-10-18-37(33)41(27-35)34-20-19-30-22-23-38-36-17-9-7-11-29(36)21-24-39(38)40(30)26-34;1-3-13-31(14-4-1)41-44-42(32-15-5-2-6-16-32)46-43(45-41)38-26-23-29-12-8-10-18-35(29)40(38)33-20-19-30-22-24-36-34-17-9-7-11-28(34)21-25-37(36)39(30)27-33;1-3-11-30(12-4-1)41-44-42(31-13-5-2-6-14-31)46-43(45-41)34-22-23-37-32(26-34)15-9-17-36(37)33-19-18-29-21-24-38-35-16-8-7-10-28(35)20-25-39(38)40(29)27-33/h1-28H;2*1-27H. The van der Waals surface area contributed by atoms with Gasteiger partial charge in [0, 0.05) is 55.6 Å². The quantitative estimate of drug-likeness (QED) is 0.111. The molecular weight excluding hydrogens is 1670 g/mol. The second-order valence-electron chi connectivity index (χ2n) is 35.1. The van der Waals surface area contributed by atoms with Crippen LogP contribution in [0.15, 0.2) is 497 Å². The van der Waals surface area contributed by atoms with Crippen molar-refractivity contribution in [2.24, 2.45) is 0 Å². The molecule has 3 aromatic heterocycles. The highest BCUT2D eigenvalue weighted by Crippen LogP contribution is 2.45. The molecule has 0 aliphatic carbocycles. The normalized spacial score (nSPS) is 11.5. The number of nitrogens with zero attached hydrogens (tertiary/aromatic N) is 8. The topological polar surface area (TPSA) is 103 Å². The number of fused-ring (bicyclic) bond motifs is 18. The lowest BCUT2D eigenvalue weighted by Crippen LogP contribution is -2.01. The van der Waals surface area contributed by atoms with Crippen LogP contribution in [0.25, 0.3) is 265 Å². The summed E-state index contributed by atoms with van der Waals surface area (Å²) in [5, 5.41) is 29.7. The third kappa shape index (κ3) is 15.4. The summed E-state index contributed by atoms with van der Waals surface area (Å²) in [6, 6.07) is 176. The highest BCUT2D eigenvalue weighted by atomic mass is 15.0. The summed E-state index contributed by atoms with van der Waals surface area (Å²) in [5.41, 5.74) is 17.7. The van der Waals surface area contributed by atoms with Crippen molar-refractivity contribution in [3.05, 3.63) is 497 Å². The number of hydrogen-bond acceptors (Lipinski definition) is 8. The van der Waals surface area contributed by atoms with Gasteiger partial charge < -0.3 is 0 Å². The number of rotatable bonds is 12. The van der Waals surface area contributed by atoms with Gasteiger partial charge >= 0.3 is 0 Å². The van der Waals surface area contributed by atoms with E-state index in [0.717, 1.165) is 88.7 Å². The Kier molecular flexibility index (Phi) is 20.8. The van der Waals surface area contributed by atoms with E-state index in [-0.39, 0.29) is 0 Å². The van der Waals surface area contributed by atoms with Gasteiger partial charge in [0.1, 0.15) is 0 Å². The van der Waals surface area contributed by atoms with E-state index in [0.29, 0.717) is 40.8 Å². The third-order valence-corrected chi connectivity index (χ3v) is 26.8. The minimum Gasteiger partial charge on any atom is -0.228 e. The van der Waals surface area contributed by atoms with Crippen LogP contribution in [0.1, 0.15) is 0 Å². The molecule has 642 valence electrons. The first kappa shape index (κ1) is 81.5. The summed E-state index contributed by atoms with van der Waals surface area (Å²) in [4.78, 5) is 40.2. The zero-order valence-electron chi connectivity index (χ0n) is 74.9. The lowest BCUT2D eigenvalue weighted by atomic mass is 9.90. The van der Waals surface area contributed by atoms with E-state index in [4.69, 9.17) is 39.9 Å². The molecule has 0 atom stereocenters. The van der Waals surface area contributed by atoms with Crippen LogP contribution in [0.4, 0.5) is 0 Å². The van der Waals surface area contributed by atoms with Crippen LogP contribution < -0.4 is 0 Å². The van der Waals surface area contributed by atoms with Crippen molar-refractivity contribution in [1.29, 1.82) is 0 Å². The van der Waals surface area contributed by atoms with Gasteiger partial charge in [0.2, 0.25) is 0 Å². The van der Waals surface area contributed by atoms with Gasteiger partial charge in [0.05, 0.1) is 11.4 Å². The van der Waals surface area contributed by atoms with Crippen molar-refractivity contribution in [2.45, 2.75) is 0 Å². The molecule has 0 aliphatic heterocycles. The molecule has 0 unspecified atom stereocenters. The highest BCUT2D eigenvalue weighted by molar-refractivity contribution is 6.22. The molecule has 0 aliphatic rings. The van der Waals surface area contributed by atoms with Gasteiger partial charge in [-0.25, -0.2) is 39.9 Å². The predicted octanol–water partition coefficient (Wildman–Crippen LogP) is 34.1. The molecule has 0 N–H and O–H groups in total. The summed E-state index contributed by atoms with van der Waals surface area (Å²) in [6.45, 7) is 0. The van der Waals surface area contributed by atoms with Crippen LogP contribution in [0, 0.1) is 0 Å². The Morgan fingerprint density at radius 2 is 0.370 bits per heavy atom. The lowest BCUT2D eigenvalue weighted by Gasteiger charge is -2.16. The van der Waals surface area contributed by atoms with Crippen molar-refractivity contribution in [3.8, 4) is 136 Å². The first-order valence-electron chi connectivity index (χ1n) is 46.7. The molecule has 8 nitrogen and oxygen atoms in total. The van der Waals surface area contributed by atoms with E-state index < -0.39 is 0 Å². The molecule has 0 saturated heterocycles. The van der Waals surface area contributed by atoms with Crippen molar-refractivity contribution < 1.29 is 0 Å². The average Bonchev–Trinajstić information content (AvgIpc) is 0.745. The molecule has 0 fully saturated rings. The highest BCUT2D eigenvalue weighted by Gasteiger charge is 2.23. The molecule has 138 heavy (non-hydrogen) atoms. The maximum Gasteiger partial charge on any atom is 0.164 e. The molecule has 0 saturated carbocycles. The number of aromatic nitrogens is 8. The fourth-order valence-corrected chi connectivity index (χ4v) is 20.0. The Labute approximate surface area is 796 Å². The van der Waals surface area contributed by atoms with E-state index >= 15 is 0 Å². The van der Waals surface area contributed by atoms with Crippen LogP contribution in [0.2, 0.25) is 0 Å². The molecule has 24 aromatic carbocycles. The third-order valence-electron chi connectivity index (χ3n) is 26.8. The second kappa shape index (κ2) is 35.2. The monoisotopic (exact) mass is 1750 g/mol. The van der Waals surface area contributed by atoms with Crippen molar-refractivity contribution in [2.75, 3.05) is 0 Å². The Balaban J connectivity index is 0.000000110. The molecule has 0 bridgehead atoms. The molecule has 0 spiro atoms. The Morgan fingerprint density at radius 1 is 0.101 bits per heavy atom. The average molecular weight is 1760 g/mol. The summed E-state index contributed by atoms with van der Waals surface area (Å²) in [6.07, 6.45) is 0. The van der Waals surface area contributed by atoms with E-state index in [9.17, 15) is 0 Å². The van der Waals surface area contributed by atoms with Crippen molar-refractivity contribution in [3.63, 3.8) is 0 Å². The molecule has 3 heterocycles. The minimum absolute atomic E-state index is 0.650. The number of hydrogen-bond donors (Lipinski definition) is 0. The molecular formula is C130H82N8. The van der Waals surface area contributed by atoms with Gasteiger partial charge in [0.15, 0.2) is 40.8 Å². The SMILES string of the molecule is c1ccc(-c2cc(-c3ccccc3)nc(-c3cc(-c4ccc5ccc6c7ccccc7ccc6c5c4)c4ccccc4c3)n2)cc1.c1ccc(-c2nc(-c3ccccc3)nc(-c3ccc4c(-c5ccc6ccc7c8ccccc8ccc7c6c5)cccc4c3)n2)cc1.c1ccc(-c2nc(-c3ccccc3)nc(-c3ccc4ccccc4c3-c3ccc4ccc5c6ccccc6ccc5c4c3)n2)cc1. The maximum atomic E-state index is 5.15. The van der Waals surface area contributed by atoms with E-state index in [1.807, 2.05) is 133 Å². The van der Waals surface area contributed by atoms with Gasteiger partial charge in [-0.3, -0.25) is 0 Å². The molecule has 0 radical (unpaired) electrons. The summed E-state index contributed by atoms with van der Waals surface area (Å²) >= 11 is 0. The first-order valence-corrected chi connectivity index (χ1v) is 46.7. The van der Waals surface area contributed by atoms with Crippen LogP contribution in [-0.2, 0) is 0 Å². The number of benzene rings is 24. The van der Waals surface area contributed by atoms with Gasteiger partial charge in [0.25, 0.3) is 0 Å². The van der Waals surface area contributed by atoms with Gasteiger partial charge in [-0.2, -0.15) is 0 Å². The zero-order valence-corrected chi connectivity index (χ0v) is 74.9. The Hall–Kier alpha value is -18.5. The van der Waals surface area contributed by atoms with E-state index in [2.05, 4.69) is 364 Å². The second-order valence-corrected chi connectivity index (χ2v) is 35.1. The fraction of sp³-hybridized carbons (Fsp3) is 0. The van der Waals surface area contributed by atoms with E-state index in [1.165, 1.54) is 135 Å². The zero-order chi connectivity index (χ0) is 91.4. The molecule has 27 rings (SSSR count). The summed E-state index contributed by atoms with van der Waals surface area (Å²) in [5.74, 6) is 4.65. The minimum atomic E-state index is 0.650. The van der Waals surface area contributed by atoms with Crippen molar-refractivity contribution >= 4 is 129 Å².